The van der Waals surface area contributed by atoms with Crippen LogP contribution in [0.3, 0.4) is 0 Å². The number of halogens is 3. The summed E-state index contributed by atoms with van der Waals surface area (Å²) >= 11 is 15.8. The lowest BCUT2D eigenvalue weighted by Crippen LogP contribution is -2.52. The van der Waals surface area contributed by atoms with Gasteiger partial charge in [0.25, 0.3) is 10.0 Å². The number of nitrogens with zero attached hydrogens (tertiary/aromatic N) is 2. The Labute approximate surface area is 241 Å². The average Bonchev–Trinajstić information content (AvgIpc) is 2.86. The Bertz CT molecular complexity index is 1400. The molecule has 0 radical (unpaired) electrons. The quantitative estimate of drug-likeness (QED) is 0.299. The number of amides is 2. The van der Waals surface area contributed by atoms with Gasteiger partial charge in [0.1, 0.15) is 12.6 Å². The third-order valence-corrected chi connectivity index (χ3v) is 8.53. The zero-order valence-corrected chi connectivity index (χ0v) is 25.0. The van der Waals surface area contributed by atoms with E-state index in [1.165, 1.54) is 17.0 Å². The fraction of sp³-hybridized carbons (Fsp3) is 0.259. The lowest BCUT2D eigenvalue weighted by atomic mass is 10.1. The van der Waals surface area contributed by atoms with Crippen molar-refractivity contribution in [3.8, 4) is 0 Å². The van der Waals surface area contributed by atoms with Crippen molar-refractivity contribution < 1.29 is 18.0 Å². The third-order valence-electron chi connectivity index (χ3n) is 5.66. The summed E-state index contributed by atoms with van der Waals surface area (Å²) < 4.78 is 29.1. The van der Waals surface area contributed by atoms with Gasteiger partial charge in [-0.3, -0.25) is 13.9 Å². The van der Waals surface area contributed by atoms with Crippen molar-refractivity contribution in [2.45, 2.75) is 44.3 Å². The fourth-order valence-corrected chi connectivity index (χ4v) is 5.98. The Hall–Kier alpha value is -2.59. The Balaban J connectivity index is 2.04. The van der Waals surface area contributed by atoms with E-state index in [9.17, 15) is 18.0 Å². The lowest BCUT2D eigenvalue weighted by Gasteiger charge is -2.32. The van der Waals surface area contributed by atoms with Gasteiger partial charge in [-0.1, -0.05) is 69.5 Å². The lowest BCUT2D eigenvalue weighted by molar-refractivity contribution is -0.139. The number of hydrogen-bond acceptors (Lipinski definition) is 4. The maximum absolute atomic E-state index is 13.9. The van der Waals surface area contributed by atoms with Gasteiger partial charge in [-0.25, -0.2) is 8.42 Å². The minimum atomic E-state index is -4.13. The topological polar surface area (TPSA) is 86.8 Å². The van der Waals surface area contributed by atoms with Crippen molar-refractivity contribution in [3.05, 3.63) is 92.9 Å². The van der Waals surface area contributed by atoms with Crippen molar-refractivity contribution >= 4 is 66.7 Å². The minimum Gasteiger partial charge on any atom is -0.352 e. The Kier molecular flexibility index (Phi) is 10.2. The molecule has 0 saturated carbocycles. The molecule has 0 heterocycles. The molecule has 0 bridgehead atoms. The Morgan fingerprint density at radius 1 is 0.947 bits per heavy atom. The summed E-state index contributed by atoms with van der Waals surface area (Å²) in [6.45, 7) is 4.65. The molecule has 0 saturated heterocycles. The van der Waals surface area contributed by atoms with Gasteiger partial charge < -0.3 is 10.2 Å². The van der Waals surface area contributed by atoms with E-state index in [2.05, 4.69) is 21.2 Å². The summed E-state index contributed by atoms with van der Waals surface area (Å²) in [5.41, 5.74) is 0.855. The highest BCUT2D eigenvalue weighted by Gasteiger charge is 2.33. The second kappa shape index (κ2) is 13.0. The molecule has 11 heteroatoms. The maximum Gasteiger partial charge on any atom is 0.264 e. The zero-order chi connectivity index (χ0) is 28.0. The van der Waals surface area contributed by atoms with Crippen LogP contribution in [-0.2, 0) is 26.2 Å². The molecule has 3 rings (SSSR count). The second-order valence-electron chi connectivity index (χ2n) is 8.90. The predicted octanol–water partition coefficient (Wildman–Crippen LogP) is 5.89. The van der Waals surface area contributed by atoms with Gasteiger partial charge in [0.2, 0.25) is 11.8 Å². The number of anilines is 1. The highest BCUT2D eigenvalue weighted by molar-refractivity contribution is 9.10. The van der Waals surface area contributed by atoms with E-state index in [0.29, 0.717) is 25.8 Å². The van der Waals surface area contributed by atoms with Crippen LogP contribution in [-0.4, -0.2) is 43.8 Å². The van der Waals surface area contributed by atoms with Crippen LogP contribution in [0.4, 0.5) is 5.69 Å². The van der Waals surface area contributed by atoms with Gasteiger partial charge in [0, 0.05) is 27.1 Å². The maximum atomic E-state index is 13.9. The summed E-state index contributed by atoms with van der Waals surface area (Å²) in [6.07, 6.45) is 0. The highest BCUT2D eigenvalue weighted by atomic mass is 79.9. The highest BCUT2D eigenvalue weighted by Crippen LogP contribution is 2.28. The second-order valence-corrected chi connectivity index (χ2v) is 12.5. The van der Waals surface area contributed by atoms with Crippen molar-refractivity contribution in [1.29, 1.82) is 0 Å². The molecular formula is C27H28BrCl2N3O4S. The first-order valence-corrected chi connectivity index (χ1v) is 14.8. The molecule has 0 aromatic heterocycles. The molecule has 0 unspecified atom stereocenters. The van der Waals surface area contributed by atoms with Gasteiger partial charge in [0.05, 0.1) is 10.6 Å². The minimum absolute atomic E-state index is 0.0285. The number of carbonyl (C=O) groups excluding carboxylic acids is 2. The van der Waals surface area contributed by atoms with E-state index >= 15 is 0 Å². The van der Waals surface area contributed by atoms with E-state index < -0.39 is 28.5 Å². The summed E-state index contributed by atoms with van der Waals surface area (Å²) in [5.74, 6) is -0.958. The summed E-state index contributed by atoms with van der Waals surface area (Å²) in [7, 11) is -4.13. The number of hydrogen-bond donors (Lipinski definition) is 1. The van der Waals surface area contributed by atoms with Crippen LogP contribution in [0.2, 0.25) is 10.0 Å². The van der Waals surface area contributed by atoms with E-state index in [-0.39, 0.29) is 23.4 Å². The predicted molar refractivity (Wildman–Crippen MR) is 155 cm³/mol. The van der Waals surface area contributed by atoms with Gasteiger partial charge in [-0.2, -0.15) is 0 Å². The van der Waals surface area contributed by atoms with E-state index in [0.717, 1.165) is 4.31 Å². The molecule has 2 amide bonds. The van der Waals surface area contributed by atoms with Crippen LogP contribution in [0.15, 0.2) is 82.2 Å². The fourth-order valence-electron chi connectivity index (χ4n) is 3.70. The van der Waals surface area contributed by atoms with E-state index in [4.69, 9.17) is 23.2 Å². The first kappa shape index (κ1) is 30.0. The SMILES string of the molecule is CC(C)NC(=O)[C@H](C)N(Cc1ccc(Cl)cc1Cl)C(=O)CN(c1cccc(Br)c1)S(=O)(=O)c1ccccc1. The molecule has 1 N–H and O–H groups in total. The first-order valence-electron chi connectivity index (χ1n) is 11.8. The van der Waals surface area contributed by atoms with E-state index in [1.807, 2.05) is 13.8 Å². The number of rotatable bonds is 10. The van der Waals surface area contributed by atoms with Crippen LogP contribution in [0.1, 0.15) is 26.3 Å². The summed E-state index contributed by atoms with van der Waals surface area (Å²) in [5, 5.41) is 3.57. The van der Waals surface area contributed by atoms with Crippen molar-refractivity contribution in [2.75, 3.05) is 10.8 Å². The third kappa shape index (κ3) is 7.50. The summed E-state index contributed by atoms with van der Waals surface area (Å²) in [4.78, 5) is 28.2. The molecule has 1 atom stereocenters. The molecule has 202 valence electrons. The smallest absolute Gasteiger partial charge is 0.264 e. The normalized spacial score (nSPS) is 12.2. The first-order chi connectivity index (χ1) is 17.9. The molecule has 0 aliphatic rings. The van der Waals surface area contributed by atoms with Gasteiger partial charge >= 0.3 is 0 Å². The van der Waals surface area contributed by atoms with Crippen molar-refractivity contribution in [3.63, 3.8) is 0 Å². The number of sulfonamides is 1. The molecule has 0 spiro atoms. The largest absolute Gasteiger partial charge is 0.352 e. The van der Waals surface area contributed by atoms with Crippen molar-refractivity contribution in [2.24, 2.45) is 0 Å². The van der Waals surface area contributed by atoms with Crippen molar-refractivity contribution in [1.82, 2.24) is 10.2 Å². The molecule has 0 aliphatic carbocycles. The molecular weight excluding hydrogens is 613 g/mol. The molecule has 7 nitrogen and oxygen atoms in total. The monoisotopic (exact) mass is 639 g/mol. The van der Waals surface area contributed by atoms with Crippen LogP contribution in [0.5, 0.6) is 0 Å². The molecule has 38 heavy (non-hydrogen) atoms. The van der Waals surface area contributed by atoms with Crippen LogP contribution in [0.25, 0.3) is 0 Å². The number of nitrogens with one attached hydrogen (secondary N) is 1. The Morgan fingerprint density at radius 3 is 2.24 bits per heavy atom. The number of carbonyl (C=O) groups is 2. The van der Waals surface area contributed by atoms with Crippen LogP contribution < -0.4 is 9.62 Å². The zero-order valence-electron chi connectivity index (χ0n) is 21.1. The molecule has 0 fully saturated rings. The molecule has 3 aromatic rings. The Morgan fingerprint density at radius 2 is 1.63 bits per heavy atom. The van der Waals surface area contributed by atoms with Crippen LogP contribution >= 0.6 is 39.1 Å². The average molecular weight is 641 g/mol. The molecule has 3 aromatic carbocycles. The van der Waals surface area contributed by atoms with Gasteiger partial charge in [-0.05, 0) is 68.8 Å². The number of benzene rings is 3. The van der Waals surface area contributed by atoms with Crippen LogP contribution in [0, 0.1) is 0 Å². The van der Waals surface area contributed by atoms with Gasteiger partial charge in [-0.15, -0.1) is 0 Å². The van der Waals surface area contributed by atoms with Gasteiger partial charge in [0.15, 0.2) is 0 Å². The summed E-state index contributed by atoms with van der Waals surface area (Å²) in [6, 6.07) is 18.3. The van der Waals surface area contributed by atoms with E-state index in [1.54, 1.807) is 67.6 Å². The molecule has 0 aliphatic heterocycles. The standard InChI is InChI=1S/C27H28BrCl2N3O4S/c1-18(2)31-27(35)19(3)32(16-20-12-13-22(29)15-25(20)30)26(34)17-33(23-9-7-8-21(28)14-23)38(36,37)24-10-5-4-6-11-24/h4-15,18-19H,16-17H2,1-3H3,(H,31,35)/t19-/m0/s1.